The quantitative estimate of drug-likeness (QED) is 0.283. The van der Waals surface area contributed by atoms with Crippen molar-refractivity contribution in [2.45, 2.75) is 32.4 Å². The van der Waals surface area contributed by atoms with E-state index in [0.717, 1.165) is 36.5 Å². The average Bonchev–Trinajstić information content (AvgIpc) is 3.44. The number of pyridine rings is 2. The van der Waals surface area contributed by atoms with Gasteiger partial charge in [0.05, 0.1) is 29.8 Å². The molecule has 0 saturated carbocycles. The van der Waals surface area contributed by atoms with Crippen molar-refractivity contribution in [3.63, 3.8) is 0 Å². The monoisotopic (exact) mass is 521 g/mol. The zero-order chi connectivity index (χ0) is 26.6. The standard InChI is InChI=1S/C31H32FN7/c32-31-27(15-25(17-35-31)24-11-9-23(10-12-24)19-38-13-5-2-6-14-38)26-16-29(34-18-28(26)33)30-21-39(37-36-30)20-22-7-3-1-4-8-22/h1,3-4,7-12,15-18,21,36-37H,2,5-6,13-14,19-20,33H2. The van der Waals surface area contributed by atoms with Gasteiger partial charge >= 0.3 is 0 Å². The molecule has 2 aliphatic heterocycles. The van der Waals surface area contributed by atoms with Gasteiger partial charge in [0.1, 0.15) is 0 Å². The fourth-order valence-corrected chi connectivity index (χ4v) is 5.17. The van der Waals surface area contributed by atoms with Crippen molar-refractivity contribution in [2.75, 3.05) is 18.8 Å². The zero-order valence-corrected chi connectivity index (χ0v) is 21.8. The number of nitrogens with two attached hydrogens (primary N) is 1. The van der Waals surface area contributed by atoms with Crippen molar-refractivity contribution in [1.82, 2.24) is 30.8 Å². The molecule has 4 N–H and O–H groups in total. The van der Waals surface area contributed by atoms with Crippen LogP contribution in [0.25, 0.3) is 28.0 Å². The topological polar surface area (TPSA) is 82.3 Å². The minimum absolute atomic E-state index is 0.346. The average molecular weight is 522 g/mol. The molecule has 4 aromatic rings. The van der Waals surface area contributed by atoms with E-state index in [1.165, 1.54) is 30.4 Å². The second kappa shape index (κ2) is 11.2. The lowest BCUT2D eigenvalue weighted by molar-refractivity contribution is 0.221. The number of hydrogen-bond donors (Lipinski definition) is 3. The third-order valence-electron chi connectivity index (χ3n) is 7.30. The van der Waals surface area contributed by atoms with Crippen LogP contribution in [-0.4, -0.2) is 33.0 Å². The Morgan fingerprint density at radius 1 is 0.795 bits per heavy atom. The number of halogens is 1. The summed E-state index contributed by atoms with van der Waals surface area (Å²) in [6.45, 7) is 3.97. The molecule has 4 heterocycles. The number of nitrogen functional groups attached to an aromatic ring is 1. The second-order valence-electron chi connectivity index (χ2n) is 10.1. The van der Waals surface area contributed by atoms with Gasteiger partial charge in [-0.15, -0.1) is 5.53 Å². The number of benzene rings is 2. The highest BCUT2D eigenvalue weighted by Crippen LogP contribution is 2.33. The van der Waals surface area contributed by atoms with E-state index in [1.54, 1.807) is 18.5 Å². The molecule has 0 unspecified atom stereocenters. The van der Waals surface area contributed by atoms with Crippen LogP contribution >= 0.6 is 0 Å². The Hall–Kier alpha value is -4.27. The molecule has 198 valence electrons. The van der Waals surface area contributed by atoms with Crippen LogP contribution < -0.4 is 16.7 Å². The van der Waals surface area contributed by atoms with Gasteiger partial charge in [-0.05, 0) is 54.8 Å². The van der Waals surface area contributed by atoms with Crippen molar-refractivity contribution in [2.24, 2.45) is 0 Å². The van der Waals surface area contributed by atoms with Crippen LogP contribution in [0.4, 0.5) is 10.1 Å². The first-order chi connectivity index (χ1) is 19.1. The fraction of sp³-hybridized carbons (Fsp3) is 0.226. The SMILES string of the molecule is Nc1cnc(C2=CN(Cc3ccccc3)NN2)cc1-c1cc(-c2ccc(CN3CCCCC3)cc2)cnc1F. The molecular weight excluding hydrogens is 489 g/mol. The predicted octanol–water partition coefficient (Wildman–Crippen LogP) is 5.34. The molecule has 2 aromatic carbocycles. The highest BCUT2D eigenvalue weighted by Gasteiger charge is 2.18. The van der Waals surface area contributed by atoms with Gasteiger partial charge in [0, 0.05) is 35.6 Å². The summed E-state index contributed by atoms with van der Waals surface area (Å²) in [6.07, 6.45) is 8.95. The van der Waals surface area contributed by atoms with Gasteiger partial charge in [-0.1, -0.05) is 61.0 Å². The normalized spacial score (nSPS) is 15.7. The molecule has 0 bridgehead atoms. The van der Waals surface area contributed by atoms with E-state index in [0.29, 0.717) is 29.1 Å². The van der Waals surface area contributed by atoms with E-state index in [4.69, 9.17) is 5.73 Å². The number of rotatable bonds is 7. The summed E-state index contributed by atoms with van der Waals surface area (Å²) < 4.78 is 15.0. The maximum absolute atomic E-state index is 15.0. The summed E-state index contributed by atoms with van der Waals surface area (Å²) in [4.78, 5) is 11.1. The third-order valence-corrected chi connectivity index (χ3v) is 7.30. The largest absolute Gasteiger partial charge is 0.397 e. The predicted molar refractivity (Wildman–Crippen MR) is 153 cm³/mol. The lowest BCUT2D eigenvalue weighted by Gasteiger charge is -2.26. The van der Waals surface area contributed by atoms with E-state index >= 15 is 4.39 Å². The number of piperidine rings is 1. The molecule has 0 spiro atoms. The van der Waals surface area contributed by atoms with Gasteiger partial charge in [0.2, 0.25) is 5.95 Å². The Labute approximate surface area is 228 Å². The third kappa shape index (κ3) is 5.77. The molecule has 0 aliphatic carbocycles. The van der Waals surface area contributed by atoms with Crippen LogP contribution in [0, 0.1) is 5.95 Å². The molecule has 8 heteroatoms. The number of hydrogen-bond acceptors (Lipinski definition) is 7. The maximum atomic E-state index is 15.0. The van der Waals surface area contributed by atoms with E-state index < -0.39 is 5.95 Å². The zero-order valence-electron chi connectivity index (χ0n) is 21.8. The van der Waals surface area contributed by atoms with Crippen molar-refractivity contribution in [3.8, 4) is 22.3 Å². The molecule has 1 fully saturated rings. The van der Waals surface area contributed by atoms with E-state index in [2.05, 4.69) is 62.2 Å². The van der Waals surface area contributed by atoms with E-state index in [1.807, 2.05) is 35.5 Å². The highest BCUT2D eigenvalue weighted by atomic mass is 19.1. The molecule has 6 rings (SSSR count). The van der Waals surface area contributed by atoms with Gasteiger partial charge in [0.15, 0.2) is 0 Å². The molecule has 0 atom stereocenters. The Morgan fingerprint density at radius 3 is 2.36 bits per heavy atom. The van der Waals surface area contributed by atoms with Gasteiger partial charge < -0.3 is 11.2 Å². The Balaban J connectivity index is 1.23. The molecule has 39 heavy (non-hydrogen) atoms. The van der Waals surface area contributed by atoms with Gasteiger partial charge in [0.25, 0.3) is 0 Å². The lowest BCUT2D eigenvalue weighted by atomic mass is 9.99. The molecular formula is C31H32FN7. The summed E-state index contributed by atoms with van der Waals surface area (Å²) in [7, 11) is 0. The molecule has 2 aliphatic rings. The lowest BCUT2D eigenvalue weighted by Crippen LogP contribution is -2.35. The van der Waals surface area contributed by atoms with Gasteiger partial charge in [-0.25, -0.2) is 4.98 Å². The van der Waals surface area contributed by atoms with Gasteiger partial charge in [-0.3, -0.25) is 14.9 Å². The van der Waals surface area contributed by atoms with Gasteiger partial charge in [-0.2, -0.15) is 4.39 Å². The molecule has 1 saturated heterocycles. The van der Waals surface area contributed by atoms with Crippen LogP contribution in [-0.2, 0) is 13.1 Å². The second-order valence-corrected chi connectivity index (χ2v) is 10.1. The van der Waals surface area contributed by atoms with Crippen molar-refractivity contribution < 1.29 is 4.39 Å². The van der Waals surface area contributed by atoms with Crippen molar-refractivity contribution in [3.05, 3.63) is 108 Å². The molecule has 7 nitrogen and oxygen atoms in total. The molecule has 2 aromatic heterocycles. The first-order valence-electron chi connectivity index (χ1n) is 13.4. The van der Waals surface area contributed by atoms with Crippen molar-refractivity contribution >= 4 is 11.4 Å². The van der Waals surface area contributed by atoms with Crippen LogP contribution in [0.1, 0.15) is 36.1 Å². The Bertz CT molecular complexity index is 1460. The number of nitrogens with zero attached hydrogens (tertiary/aromatic N) is 4. The van der Waals surface area contributed by atoms with E-state index in [-0.39, 0.29) is 0 Å². The number of anilines is 1. The number of aromatic nitrogens is 2. The fourth-order valence-electron chi connectivity index (χ4n) is 5.17. The van der Waals surface area contributed by atoms with Crippen LogP contribution in [0.3, 0.4) is 0 Å². The number of likely N-dealkylation sites (tertiary alicyclic amines) is 1. The van der Waals surface area contributed by atoms with Crippen LogP contribution in [0.5, 0.6) is 0 Å². The van der Waals surface area contributed by atoms with Crippen LogP contribution in [0.2, 0.25) is 0 Å². The Kier molecular flexibility index (Phi) is 7.21. The molecule has 0 amide bonds. The van der Waals surface area contributed by atoms with Crippen molar-refractivity contribution in [1.29, 1.82) is 0 Å². The summed E-state index contributed by atoms with van der Waals surface area (Å²) >= 11 is 0. The first-order valence-corrected chi connectivity index (χ1v) is 13.4. The smallest absolute Gasteiger partial charge is 0.220 e. The summed E-state index contributed by atoms with van der Waals surface area (Å²) in [5, 5.41) is 1.93. The van der Waals surface area contributed by atoms with Crippen LogP contribution in [0.15, 0.2) is 85.3 Å². The Morgan fingerprint density at radius 2 is 1.56 bits per heavy atom. The van der Waals surface area contributed by atoms with E-state index in [9.17, 15) is 0 Å². The summed E-state index contributed by atoms with van der Waals surface area (Å²) in [5.41, 5.74) is 19.5. The summed E-state index contributed by atoms with van der Waals surface area (Å²) in [6, 6.07) is 22.2. The highest BCUT2D eigenvalue weighted by molar-refractivity contribution is 5.81. The minimum atomic E-state index is -0.568. The number of hydrazine groups is 2. The maximum Gasteiger partial charge on any atom is 0.220 e. The number of nitrogens with one attached hydrogen (secondary N) is 2. The first kappa shape index (κ1) is 25.0. The minimum Gasteiger partial charge on any atom is -0.397 e. The summed E-state index contributed by atoms with van der Waals surface area (Å²) in [5.74, 6) is -0.568. The molecule has 0 radical (unpaired) electrons.